The highest BCUT2D eigenvalue weighted by Crippen LogP contribution is 2.27. The van der Waals surface area contributed by atoms with Gasteiger partial charge in [-0.2, -0.15) is 4.98 Å². The van der Waals surface area contributed by atoms with Crippen molar-refractivity contribution in [3.05, 3.63) is 42.0 Å². The predicted molar refractivity (Wildman–Crippen MR) is 84.5 cm³/mol. The van der Waals surface area contributed by atoms with Gasteiger partial charge in [-0.05, 0) is 24.3 Å². The number of methoxy groups -OCH3 is 1. The first-order valence-corrected chi connectivity index (χ1v) is 7.10. The summed E-state index contributed by atoms with van der Waals surface area (Å²) in [6.07, 6.45) is 0. The van der Waals surface area contributed by atoms with Crippen LogP contribution in [-0.2, 0) is 4.74 Å². The van der Waals surface area contributed by atoms with Gasteiger partial charge in [-0.3, -0.25) is 0 Å². The van der Waals surface area contributed by atoms with Gasteiger partial charge in [0.2, 0.25) is 11.8 Å². The molecule has 0 aliphatic carbocycles. The van der Waals surface area contributed by atoms with Gasteiger partial charge in [-0.25, -0.2) is 18.7 Å². The van der Waals surface area contributed by atoms with Crippen molar-refractivity contribution < 1.29 is 18.3 Å². The van der Waals surface area contributed by atoms with Gasteiger partial charge < -0.3 is 15.2 Å². The van der Waals surface area contributed by atoms with Crippen LogP contribution in [0.25, 0.3) is 22.3 Å². The van der Waals surface area contributed by atoms with Crippen LogP contribution in [0.5, 0.6) is 5.88 Å². The zero-order valence-corrected chi connectivity index (χ0v) is 12.8. The quantitative estimate of drug-likeness (QED) is 0.723. The van der Waals surface area contributed by atoms with Gasteiger partial charge in [-0.15, -0.1) is 0 Å². The predicted octanol–water partition coefficient (Wildman–Crippen LogP) is 2.58. The molecule has 3 rings (SSSR count). The maximum Gasteiger partial charge on any atom is 0.245 e. The van der Waals surface area contributed by atoms with E-state index in [-0.39, 0.29) is 24.0 Å². The minimum absolute atomic E-state index is 0.0393. The average molecular weight is 332 g/mol. The van der Waals surface area contributed by atoms with Crippen LogP contribution in [0.2, 0.25) is 0 Å². The minimum Gasteiger partial charge on any atom is -0.474 e. The molecule has 0 aliphatic rings. The molecule has 0 radical (unpaired) electrons. The van der Waals surface area contributed by atoms with Crippen LogP contribution in [-0.4, -0.2) is 35.3 Å². The maximum atomic E-state index is 14.0. The van der Waals surface area contributed by atoms with Gasteiger partial charge >= 0.3 is 0 Å². The Hall–Kier alpha value is -2.87. The van der Waals surface area contributed by atoms with Gasteiger partial charge in [0, 0.05) is 18.7 Å². The molecule has 6 nitrogen and oxygen atoms in total. The Kier molecular flexibility index (Phi) is 4.48. The van der Waals surface area contributed by atoms with Crippen LogP contribution >= 0.6 is 0 Å². The second kappa shape index (κ2) is 6.71. The fourth-order valence-corrected chi connectivity index (χ4v) is 2.17. The van der Waals surface area contributed by atoms with Crippen LogP contribution in [0, 0.1) is 11.6 Å². The number of hydrogen-bond acceptors (Lipinski definition) is 6. The molecule has 2 N–H and O–H groups in total. The second-order valence-electron chi connectivity index (χ2n) is 4.92. The lowest BCUT2D eigenvalue weighted by Crippen LogP contribution is -2.08. The Balaban J connectivity index is 2.08. The Morgan fingerprint density at radius 3 is 2.62 bits per heavy atom. The van der Waals surface area contributed by atoms with E-state index in [2.05, 4.69) is 15.0 Å². The summed E-state index contributed by atoms with van der Waals surface area (Å²) in [5.41, 5.74) is 6.93. The molecule has 0 unspecified atom stereocenters. The third-order valence-electron chi connectivity index (χ3n) is 3.26. The van der Waals surface area contributed by atoms with E-state index in [9.17, 15) is 8.78 Å². The molecule has 0 atom stereocenters. The van der Waals surface area contributed by atoms with Crippen LogP contribution in [0.1, 0.15) is 0 Å². The summed E-state index contributed by atoms with van der Waals surface area (Å²) in [5.74, 6) is -1.15. The number of hydrogen-bond donors (Lipinski definition) is 1. The molecule has 2 aromatic heterocycles. The average Bonchev–Trinajstić information content (AvgIpc) is 2.55. The molecule has 0 saturated carbocycles. The Bertz CT molecular complexity index is 889. The number of benzene rings is 1. The van der Waals surface area contributed by atoms with Crippen molar-refractivity contribution in [3.63, 3.8) is 0 Å². The highest BCUT2D eigenvalue weighted by molar-refractivity contribution is 5.83. The normalized spacial score (nSPS) is 11.0. The number of fused-ring (bicyclic) bond motifs is 1. The zero-order valence-electron chi connectivity index (χ0n) is 12.8. The molecular weight excluding hydrogens is 318 g/mol. The largest absolute Gasteiger partial charge is 0.474 e. The highest BCUT2D eigenvalue weighted by Gasteiger charge is 2.13. The van der Waals surface area contributed by atoms with Crippen molar-refractivity contribution in [2.75, 3.05) is 26.1 Å². The molecule has 0 aliphatic heterocycles. The van der Waals surface area contributed by atoms with E-state index in [4.69, 9.17) is 15.2 Å². The topological polar surface area (TPSA) is 83.2 Å². The summed E-state index contributed by atoms with van der Waals surface area (Å²) < 4.78 is 37.5. The summed E-state index contributed by atoms with van der Waals surface area (Å²) in [6, 6.07) is 6.49. The first kappa shape index (κ1) is 16.0. The molecule has 8 heteroatoms. The van der Waals surface area contributed by atoms with Crippen LogP contribution < -0.4 is 10.5 Å². The van der Waals surface area contributed by atoms with Crippen molar-refractivity contribution in [2.24, 2.45) is 0 Å². The molecule has 0 bridgehead atoms. The molecule has 1 aromatic carbocycles. The molecule has 24 heavy (non-hydrogen) atoms. The Morgan fingerprint density at radius 1 is 1.04 bits per heavy atom. The number of nitrogens with two attached hydrogens (primary N) is 1. The lowest BCUT2D eigenvalue weighted by molar-refractivity contribution is 0.144. The standard InChI is InChI=1S/C16H14F2N4O2/c1-23-6-7-24-15-14-13(21-16(19)22-15)5-4-12(20-14)10-3-2-9(17)8-11(10)18/h2-5,8H,6-7H2,1H3,(H2,19,21,22). The molecular formula is C16H14F2N4O2. The van der Waals surface area contributed by atoms with E-state index < -0.39 is 11.6 Å². The smallest absolute Gasteiger partial charge is 0.245 e. The zero-order chi connectivity index (χ0) is 17.1. The summed E-state index contributed by atoms with van der Waals surface area (Å²) in [4.78, 5) is 12.4. The third-order valence-corrected chi connectivity index (χ3v) is 3.26. The van der Waals surface area contributed by atoms with Crippen molar-refractivity contribution in [2.45, 2.75) is 0 Å². The van der Waals surface area contributed by atoms with Crippen molar-refractivity contribution >= 4 is 17.0 Å². The van der Waals surface area contributed by atoms with E-state index in [0.717, 1.165) is 6.07 Å². The van der Waals surface area contributed by atoms with E-state index in [1.165, 1.54) is 12.1 Å². The number of anilines is 1. The van der Waals surface area contributed by atoms with E-state index in [1.54, 1.807) is 19.2 Å². The lowest BCUT2D eigenvalue weighted by atomic mass is 10.1. The van der Waals surface area contributed by atoms with Crippen LogP contribution in [0.15, 0.2) is 30.3 Å². The van der Waals surface area contributed by atoms with Crippen molar-refractivity contribution in [1.82, 2.24) is 15.0 Å². The Morgan fingerprint density at radius 2 is 1.88 bits per heavy atom. The number of ether oxygens (including phenoxy) is 2. The van der Waals surface area contributed by atoms with E-state index >= 15 is 0 Å². The summed E-state index contributed by atoms with van der Waals surface area (Å²) in [6.45, 7) is 0.608. The fraction of sp³-hybridized carbons (Fsp3) is 0.188. The number of halogens is 2. The lowest BCUT2D eigenvalue weighted by Gasteiger charge is -2.09. The third kappa shape index (κ3) is 3.23. The number of nitrogens with zero attached hydrogens (tertiary/aromatic N) is 3. The molecule has 0 saturated heterocycles. The summed E-state index contributed by atoms with van der Waals surface area (Å²) >= 11 is 0. The van der Waals surface area contributed by atoms with Gasteiger partial charge in [0.05, 0.1) is 17.8 Å². The minimum atomic E-state index is -0.708. The molecule has 3 aromatic rings. The first-order valence-electron chi connectivity index (χ1n) is 7.10. The SMILES string of the molecule is COCCOc1nc(N)nc2ccc(-c3ccc(F)cc3F)nc12. The van der Waals surface area contributed by atoms with Crippen molar-refractivity contribution in [1.29, 1.82) is 0 Å². The van der Waals surface area contributed by atoms with Crippen LogP contribution in [0.3, 0.4) is 0 Å². The molecule has 2 heterocycles. The van der Waals surface area contributed by atoms with Gasteiger partial charge in [-0.1, -0.05) is 0 Å². The van der Waals surface area contributed by atoms with E-state index in [0.29, 0.717) is 23.3 Å². The second-order valence-corrected chi connectivity index (χ2v) is 4.92. The van der Waals surface area contributed by atoms with E-state index in [1.807, 2.05) is 0 Å². The fourth-order valence-electron chi connectivity index (χ4n) is 2.17. The molecule has 0 spiro atoms. The summed E-state index contributed by atoms with van der Waals surface area (Å²) in [5, 5.41) is 0. The molecule has 0 fully saturated rings. The number of rotatable bonds is 5. The van der Waals surface area contributed by atoms with Gasteiger partial charge in [0.25, 0.3) is 0 Å². The first-order chi connectivity index (χ1) is 11.6. The van der Waals surface area contributed by atoms with Gasteiger partial charge in [0.15, 0.2) is 5.52 Å². The molecule has 0 amide bonds. The maximum absolute atomic E-state index is 14.0. The summed E-state index contributed by atoms with van der Waals surface area (Å²) in [7, 11) is 1.55. The monoisotopic (exact) mass is 332 g/mol. The molecule has 124 valence electrons. The van der Waals surface area contributed by atoms with Crippen LogP contribution in [0.4, 0.5) is 14.7 Å². The van der Waals surface area contributed by atoms with Crippen molar-refractivity contribution in [3.8, 4) is 17.1 Å². The number of nitrogen functional groups attached to an aromatic ring is 1. The highest BCUT2D eigenvalue weighted by atomic mass is 19.1. The number of aromatic nitrogens is 3. The number of pyridine rings is 1. The van der Waals surface area contributed by atoms with Gasteiger partial charge in [0.1, 0.15) is 18.2 Å². The Labute approximate surface area is 136 Å².